The number of ether oxygens (including phenoxy) is 1. The van der Waals surface area contributed by atoms with E-state index in [1.165, 1.54) is 0 Å². The van der Waals surface area contributed by atoms with Gasteiger partial charge in [0.05, 0.1) is 5.60 Å². The standard InChI is InChI=1S/C9H19BrO/c1-8(2)5-6-11-9(3,4)7-10/h8H,5-7H2,1-4H3. The van der Waals surface area contributed by atoms with Gasteiger partial charge in [-0.05, 0) is 26.2 Å². The van der Waals surface area contributed by atoms with Crippen LogP contribution in [0, 0.1) is 5.92 Å². The summed E-state index contributed by atoms with van der Waals surface area (Å²) in [5.74, 6) is 0.737. The Kier molecular flexibility index (Phi) is 5.36. The van der Waals surface area contributed by atoms with Crippen molar-refractivity contribution in [3.63, 3.8) is 0 Å². The summed E-state index contributed by atoms with van der Waals surface area (Å²) >= 11 is 3.41. The van der Waals surface area contributed by atoms with E-state index in [0.717, 1.165) is 24.3 Å². The summed E-state index contributed by atoms with van der Waals surface area (Å²) in [5, 5.41) is 0.901. The highest BCUT2D eigenvalue weighted by Gasteiger charge is 2.15. The quantitative estimate of drug-likeness (QED) is 0.650. The molecule has 0 amide bonds. The molecule has 0 heterocycles. The van der Waals surface area contributed by atoms with Crippen LogP contribution in [0.2, 0.25) is 0 Å². The van der Waals surface area contributed by atoms with E-state index in [9.17, 15) is 0 Å². The van der Waals surface area contributed by atoms with Gasteiger partial charge in [-0.25, -0.2) is 0 Å². The van der Waals surface area contributed by atoms with Crippen molar-refractivity contribution >= 4 is 15.9 Å². The Hall–Kier alpha value is 0.440. The van der Waals surface area contributed by atoms with Crippen molar-refractivity contribution in [2.75, 3.05) is 11.9 Å². The first-order valence-corrected chi connectivity index (χ1v) is 5.30. The molecule has 0 fully saturated rings. The third kappa shape index (κ3) is 6.82. The predicted octanol–water partition coefficient (Wildman–Crippen LogP) is 3.22. The van der Waals surface area contributed by atoms with Gasteiger partial charge in [0, 0.05) is 11.9 Å². The number of alkyl halides is 1. The average Bonchev–Trinajstić information content (AvgIpc) is 1.87. The summed E-state index contributed by atoms with van der Waals surface area (Å²) in [6, 6.07) is 0. The Morgan fingerprint density at radius 2 is 1.91 bits per heavy atom. The van der Waals surface area contributed by atoms with Crippen LogP contribution < -0.4 is 0 Å². The first kappa shape index (κ1) is 11.4. The molecule has 68 valence electrons. The molecule has 0 N–H and O–H groups in total. The molecule has 1 nitrogen and oxygen atoms in total. The highest BCUT2D eigenvalue weighted by Crippen LogP contribution is 2.13. The van der Waals surface area contributed by atoms with Crippen LogP contribution in [0.3, 0.4) is 0 Å². The maximum Gasteiger partial charge on any atom is 0.0722 e. The number of rotatable bonds is 5. The third-order valence-corrected chi connectivity index (χ3v) is 2.86. The number of halogens is 1. The minimum atomic E-state index is -0.00507. The van der Waals surface area contributed by atoms with Gasteiger partial charge in [-0.2, -0.15) is 0 Å². The summed E-state index contributed by atoms with van der Waals surface area (Å²) in [6.07, 6.45) is 1.15. The Labute approximate surface area is 78.6 Å². The average molecular weight is 223 g/mol. The van der Waals surface area contributed by atoms with E-state index in [-0.39, 0.29) is 5.60 Å². The molecule has 0 radical (unpaired) electrons. The van der Waals surface area contributed by atoms with Gasteiger partial charge in [-0.3, -0.25) is 0 Å². The van der Waals surface area contributed by atoms with Gasteiger partial charge in [0.1, 0.15) is 0 Å². The van der Waals surface area contributed by atoms with Crippen LogP contribution in [0.4, 0.5) is 0 Å². The van der Waals surface area contributed by atoms with Crippen molar-refractivity contribution in [3.8, 4) is 0 Å². The lowest BCUT2D eigenvalue weighted by molar-refractivity contribution is -0.00322. The van der Waals surface area contributed by atoms with Crippen LogP contribution in [-0.4, -0.2) is 17.5 Å². The SMILES string of the molecule is CC(C)CCOC(C)(C)CBr. The van der Waals surface area contributed by atoms with Gasteiger partial charge >= 0.3 is 0 Å². The Morgan fingerprint density at radius 3 is 2.27 bits per heavy atom. The second-order valence-corrected chi connectivity index (χ2v) is 4.49. The highest BCUT2D eigenvalue weighted by atomic mass is 79.9. The Morgan fingerprint density at radius 1 is 1.36 bits per heavy atom. The second-order valence-electron chi connectivity index (χ2n) is 3.92. The molecular weight excluding hydrogens is 204 g/mol. The molecule has 0 spiro atoms. The van der Waals surface area contributed by atoms with Crippen LogP contribution in [0.15, 0.2) is 0 Å². The van der Waals surface area contributed by atoms with Crippen molar-refractivity contribution in [3.05, 3.63) is 0 Å². The molecule has 0 saturated heterocycles. The summed E-state index contributed by atoms with van der Waals surface area (Å²) in [5.41, 5.74) is -0.00507. The number of hydrogen-bond donors (Lipinski definition) is 0. The normalized spacial score (nSPS) is 12.5. The molecule has 0 atom stereocenters. The number of hydrogen-bond acceptors (Lipinski definition) is 1. The lowest BCUT2D eigenvalue weighted by Crippen LogP contribution is -2.26. The molecule has 0 saturated carbocycles. The van der Waals surface area contributed by atoms with Gasteiger partial charge in [0.2, 0.25) is 0 Å². The van der Waals surface area contributed by atoms with Crippen molar-refractivity contribution in [2.24, 2.45) is 5.92 Å². The molecule has 0 unspecified atom stereocenters. The lowest BCUT2D eigenvalue weighted by atomic mass is 10.1. The zero-order valence-electron chi connectivity index (χ0n) is 7.98. The molecule has 0 rings (SSSR count). The monoisotopic (exact) mass is 222 g/mol. The Balaban J connectivity index is 3.38. The van der Waals surface area contributed by atoms with Crippen LogP contribution in [-0.2, 0) is 4.74 Å². The summed E-state index contributed by atoms with van der Waals surface area (Å²) in [4.78, 5) is 0. The predicted molar refractivity (Wildman–Crippen MR) is 53.3 cm³/mol. The lowest BCUT2D eigenvalue weighted by Gasteiger charge is -2.22. The van der Waals surface area contributed by atoms with Gasteiger partial charge in [0.15, 0.2) is 0 Å². The summed E-state index contributed by atoms with van der Waals surface area (Å²) in [7, 11) is 0. The molecular formula is C9H19BrO. The van der Waals surface area contributed by atoms with Crippen LogP contribution in [0.5, 0.6) is 0 Å². The van der Waals surface area contributed by atoms with E-state index in [4.69, 9.17) is 4.74 Å². The first-order valence-electron chi connectivity index (χ1n) is 4.18. The molecule has 2 heteroatoms. The van der Waals surface area contributed by atoms with E-state index < -0.39 is 0 Å². The fourth-order valence-corrected chi connectivity index (χ4v) is 0.771. The van der Waals surface area contributed by atoms with Crippen molar-refractivity contribution in [1.29, 1.82) is 0 Å². The Bertz CT molecular complexity index is 99.7. The largest absolute Gasteiger partial charge is 0.375 e. The summed E-state index contributed by atoms with van der Waals surface area (Å²) in [6.45, 7) is 9.50. The van der Waals surface area contributed by atoms with E-state index in [0.29, 0.717) is 0 Å². The molecule has 0 bridgehead atoms. The second kappa shape index (κ2) is 5.15. The van der Waals surface area contributed by atoms with Crippen LogP contribution in [0.1, 0.15) is 34.1 Å². The van der Waals surface area contributed by atoms with Crippen molar-refractivity contribution in [2.45, 2.75) is 39.7 Å². The molecule has 0 aliphatic heterocycles. The molecule has 0 aromatic rings. The van der Waals surface area contributed by atoms with Gasteiger partial charge in [-0.15, -0.1) is 0 Å². The molecule has 11 heavy (non-hydrogen) atoms. The van der Waals surface area contributed by atoms with Gasteiger partial charge in [-0.1, -0.05) is 29.8 Å². The fraction of sp³-hybridized carbons (Fsp3) is 1.00. The smallest absolute Gasteiger partial charge is 0.0722 e. The minimum absolute atomic E-state index is 0.00507. The van der Waals surface area contributed by atoms with E-state index >= 15 is 0 Å². The van der Waals surface area contributed by atoms with Crippen LogP contribution in [0.25, 0.3) is 0 Å². The summed E-state index contributed by atoms with van der Waals surface area (Å²) < 4.78 is 5.64. The maximum atomic E-state index is 5.64. The highest BCUT2D eigenvalue weighted by molar-refractivity contribution is 9.09. The molecule has 0 aromatic heterocycles. The van der Waals surface area contributed by atoms with E-state index in [1.807, 2.05) is 0 Å². The maximum absolute atomic E-state index is 5.64. The van der Waals surface area contributed by atoms with Gasteiger partial charge in [0.25, 0.3) is 0 Å². The zero-order chi connectivity index (χ0) is 8.91. The van der Waals surface area contributed by atoms with Gasteiger partial charge < -0.3 is 4.74 Å². The van der Waals surface area contributed by atoms with E-state index in [2.05, 4.69) is 43.6 Å². The molecule has 0 aliphatic carbocycles. The third-order valence-electron chi connectivity index (χ3n) is 1.51. The molecule has 0 aliphatic rings. The fourth-order valence-electron chi connectivity index (χ4n) is 0.609. The first-order chi connectivity index (χ1) is 4.98. The topological polar surface area (TPSA) is 9.23 Å². The zero-order valence-corrected chi connectivity index (χ0v) is 9.57. The van der Waals surface area contributed by atoms with Crippen LogP contribution >= 0.6 is 15.9 Å². The van der Waals surface area contributed by atoms with Crippen molar-refractivity contribution < 1.29 is 4.74 Å². The molecule has 0 aromatic carbocycles. The minimum Gasteiger partial charge on any atom is -0.375 e. The van der Waals surface area contributed by atoms with E-state index in [1.54, 1.807) is 0 Å². The van der Waals surface area contributed by atoms with Crippen molar-refractivity contribution in [1.82, 2.24) is 0 Å².